The zero-order valence-electron chi connectivity index (χ0n) is 12.5. The van der Waals surface area contributed by atoms with E-state index in [2.05, 4.69) is 10.3 Å². The second-order valence-electron chi connectivity index (χ2n) is 5.38. The topological polar surface area (TPSA) is 45.2 Å². The molecule has 24 heavy (non-hydrogen) atoms. The molecule has 0 bridgehead atoms. The molecule has 0 saturated carbocycles. The van der Waals surface area contributed by atoms with Gasteiger partial charge in [0.1, 0.15) is 5.69 Å². The summed E-state index contributed by atoms with van der Waals surface area (Å²) in [5, 5.41) is 2.12. The van der Waals surface area contributed by atoms with E-state index in [-0.39, 0.29) is 0 Å². The summed E-state index contributed by atoms with van der Waals surface area (Å²) in [6.07, 6.45) is 0.670. The van der Waals surface area contributed by atoms with Crippen molar-refractivity contribution >= 4 is 11.6 Å². The number of benzene rings is 1. The molecule has 1 N–H and O–H groups in total. The van der Waals surface area contributed by atoms with E-state index in [4.69, 9.17) is 0 Å². The van der Waals surface area contributed by atoms with E-state index < -0.39 is 41.7 Å². The van der Waals surface area contributed by atoms with Crippen LogP contribution in [0.25, 0.3) is 0 Å². The number of rotatable bonds is 3. The monoisotopic (exact) mass is 339 g/mol. The molecule has 8 heteroatoms. The lowest BCUT2D eigenvalue weighted by Crippen LogP contribution is -2.39. The Morgan fingerprint density at radius 2 is 1.71 bits per heavy atom. The first-order chi connectivity index (χ1) is 11.5. The molecule has 3 rings (SSSR count). The summed E-state index contributed by atoms with van der Waals surface area (Å²) in [7, 11) is 0. The molecule has 1 aromatic heterocycles. The fourth-order valence-electron chi connectivity index (χ4n) is 2.63. The maximum Gasteiger partial charge on any atom is 0.253 e. The molecule has 0 unspecified atom stereocenters. The van der Waals surface area contributed by atoms with Crippen LogP contribution in [0.15, 0.2) is 24.3 Å². The SMILES string of the molecule is O=C(CNc1c(F)c(F)nc(F)c1F)N1CCc2ccccc2C1. The van der Waals surface area contributed by atoms with Crippen molar-refractivity contribution in [3.8, 4) is 0 Å². The van der Waals surface area contributed by atoms with Gasteiger partial charge in [0.15, 0.2) is 0 Å². The quantitative estimate of drug-likeness (QED) is 0.691. The lowest BCUT2D eigenvalue weighted by atomic mass is 10.00. The molecule has 2 aromatic rings. The van der Waals surface area contributed by atoms with Gasteiger partial charge in [0, 0.05) is 13.1 Å². The van der Waals surface area contributed by atoms with Gasteiger partial charge in [-0.2, -0.15) is 22.5 Å². The minimum atomic E-state index is -1.77. The molecule has 4 nitrogen and oxygen atoms in total. The van der Waals surface area contributed by atoms with Gasteiger partial charge in [0.2, 0.25) is 17.5 Å². The van der Waals surface area contributed by atoms with Crippen LogP contribution in [0.4, 0.5) is 23.2 Å². The number of aromatic nitrogens is 1. The van der Waals surface area contributed by atoms with Gasteiger partial charge >= 0.3 is 0 Å². The molecule has 126 valence electrons. The second kappa shape index (κ2) is 6.46. The van der Waals surface area contributed by atoms with Gasteiger partial charge in [-0.1, -0.05) is 24.3 Å². The van der Waals surface area contributed by atoms with Crippen molar-refractivity contribution in [1.29, 1.82) is 0 Å². The van der Waals surface area contributed by atoms with E-state index in [0.29, 0.717) is 19.5 Å². The largest absolute Gasteiger partial charge is 0.371 e. The number of hydrogen-bond donors (Lipinski definition) is 1. The third kappa shape index (κ3) is 3.04. The van der Waals surface area contributed by atoms with Crippen molar-refractivity contribution in [2.24, 2.45) is 0 Å². The number of hydrogen-bond acceptors (Lipinski definition) is 3. The van der Waals surface area contributed by atoms with Gasteiger partial charge in [-0.25, -0.2) is 0 Å². The Labute approximate surface area is 135 Å². The van der Waals surface area contributed by atoms with E-state index in [1.165, 1.54) is 4.90 Å². The molecule has 1 amide bonds. The van der Waals surface area contributed by atoms with Crippen molar-refractivity contribution in [2.45, 2.75) is 13.0 Å². The van der Waals surface area contributed by atoms with Crippen molar-refractivity contribution in [1.82, 2.24) is 9.88 Å². The fourth-order valence-corrected chi connectivity index (χ4v) is 2.63. The van der Waals surface area contributed by atoms with Crippen molar-refractivity contribution < 1.29 is 22.4 Å². The van der Waals surface area contributed by atoms with E-state index in [1.807, 2.05) is 24.3 Å². The zero-order chi connectivity index (χ0) is 17.3. The summed E-state index contributed by atoms with van der Waals surface area (Å²) in [5.74, 6) is -7.29. The molecule has 0 spiro atoms. The highest BCUT2D eigenvalue weighted by molar-refractivity contribution is 5.81. The zero-order valence-corrected chi connectivity index (χ0v) is 12.5. The van der Waals surface area contributed by atoms with Gasteiger partial charge in [-0.3, -0.25) is 4.79 Å². The normalized spacial score (nSPS) is 13.6. The van der Waals surface area contributed by atoms with Crippen LogP contribution in [0.5, 0.6) is 0 Å². The Bertz CT molecular complexity index is 771. The molecular formula is C16H13F4N3O. The van der Waals surface area contributed by atoms with Gasteiger partial charge in [0.05, 0.1) is 6.54 Å². The molecule has 1 aliphatic heterocycles. The van der Waals surface area contributed by atoms with Gasteiger partial charge < -0.3 is 10.2 Å². The summed E-state index contributed by atoms with van der Waals surface area (Å²) < 4.78 is 53.1. The van der Waals surface area contributed by atoms with Crippen LogP contribution in [0.1, 0.15) is 11.1 Å². The van der Waals surface area contributed by atoms with Gasteiger partial charge in [0.25, 0.3) is 11.9 Å². The summed E-state index contributed by atoms with van der Waals surface area (Å²) in [5.41, 5.74) is 1.10. The summed E-state index contributed by atoms with van der Waals surface area (Å²) >= 11 is 0. The van der Waals surface area contributed by atoms with Gasteiger partial charge in [-0.15, -0.1) is 0 Å². The molecule has 1 aliphatic rings. The predicted octanol–water partition coefficient (Wildman–Crippen LogP) is 2.63. The molecule has 0 atom stereocenters. The summed E-state index contributed by atoms with van der Waals surface area (Å²) in [6, 6.07) is 7.64. The maximum atomic E-state index is 13.5. The third-order valence-electron chi connectivity index (χ3n) is 3.90. The highest BCUT2D eigenvalue weighted by atomic mass is 19.2. The van der Waals surface area contributed by atoms with Crippen LogP contribution in [-0.4, -0.2) is 28.9 Å². The standard InChI is InChI=1S/C16H13F4N3O/c17-12-14(13(18)16(20)22-15(12)19)21-7-11(24)23-6-5-9-3-1-2-4-10(9)8-23/h1-4H,5-8H2,(H,21,22). The highest BCUT2D eigenvalue weighted by Gasteiger charge is 2.23. The molecule has 0 aliphatic carbocycles. The summed E-state index contributed by atoms with van der Waals surface area (Å²) in [4.78, 5) is 16.2. The first-order valence-electron chi connectivity index (χ1n) is 7.25. The number of fused-ring (bicyclic) bond motifs is 1. The highest BCUT2D eigenvalue weighted by Crippen LogP contribution is 2.22. The van der Waals surface area contributed by atoms with Crippen LogP contribution in [-0.2, 0) is 17.8 Å². The average molecular weight is 339 g/mol. The predicted molar refractivity (Wildman–Crippen MR) is 78.1 cm³/mol. The molecule has 0 radical (unpaired) electrons. The van der Waals surface area contributed by atoms with E-state index in [1.54, 1.807) is 0 Å². The Morgan fingerprint density at radius 3 is 2.38 bits per heavy atom. The number of pyridine rings is 1. The fraction of sp³-hybridized carbons (Fsp3) is 0.250. The van der Waals surface area contributed by atoms with Crippen LogP contribution < -0.4 is 5.32 Å². The van der Waals surface area contributed by atoms with Crippen LogP contribution in [0.3, 0.4) is 0 Å². The first-order valence-corrected chi connectivity index (χ1v) is 7.25. The van der Waals surface area contributed by atoms with Gasteiger partial charge in [-0.05, 0) is 17.5 Å². The second-order valence-corrected chi connectivity index (χ2v) is 5.38. The molecule has 2 heterocycles. The number of anilines is 1. The number of carbonyl (C=O) groups excluding carboxylic acids is 1. The summed E-state index contributed by atoms with van der Waals surface area (Å²) in [6.45, 7) is 0.348. The van der Waals surface area contributed by atoms with Crippen molar-refractivity contribution in [2.75, 3.05) is 18.4 Å². The minimum Gasteiger partial charge on any atom is -0.371 e. The van der Waals surface area contributed by atoms with Crippen LogP contribution in [0, 0.1) is 23.5 Å². The third-order valence-corrected chi connectivity index (χ3v) is 3.90. The van der Waals surface area contributed by atoms with Crippen molar-refractivity contribution in [3.05, 3.63) is 58.9 Å². The van der Waals surface area contributed by atoms with Crippen molar-refractivity contribution in [3.63, 3.8) is 0 Å². The number of nitrogens with zero attached hydrogens (tertiary/aromatic N) is 2. The Kier molecular flexibility index (Phi) is 4.37. The molecular weight excluding hydrogens is 326 g/mol. The number of carbonyl (C=O) groups is 1. The molecule has 1 aromatic carbocycles. The molecule has 0 saturated heterocycles. The van der Waals surface area contributed by atoms with E-state index >= 15 is 0 Å². The Balaban J connectivity index is 1.69. The molecule has 0 fully saturated rings. The number of halogens is 4. The first kappa shape index (κ1) is 16.2. The number of nitrogens with one attached hydrogen (secondary N) is 1. The van der Waals surface area contributed by atoms with E-state index in [0.717, 1.165) is 11.1 Å². The minimum absolute atomic E-state index is 0.376. The Morgan fingerprint density at radius 1 is 1.08 bits per heavy atom. The van der Waals surface area contributed by atoms with Crippen LogP contribution in [0.2, 0.25) is 0 Å². The lowest BCUT2D eigenvalue weighted by molar-refractivity contribution is -0.130. The van der Waals surface area contributed by atoms with Crippen LogP contribution >= 0.6 is 0 Å². The number of amides is 1. The Hall–Kier alpha value is -2.64. The average Bonchev–Trinajstić information content (AvgIpc) is 2.59. The smallest absolute Gasteiger partial charge is 0.253 e. The van der Waals surface area contributed by atoms with E-state index in [9.17, 15) is 22.4 Å². The maximum absolute atomic E-state index is 13.5. The lowest BCUT2D eigenvalue weighted by Gasteiger charge is -2.29.